The number of amides is 1. The molecule has 0 aromatic carbocycles. The van der Waals surface area contributed by atoms with Crippen molar-refractivity contribution in [1.29, 1.82) is 0 Å². The molecule has 2 aliphatic heterocycles. The molecule has 0 unspecified atom stereocenters. The van der Waals surface area contributed by atoms with Crippen molar-refractivity contribution in [2.75, 3.05) is 26.8 Å². The zero-order valence-electron chi connectivity index (χ0n) is 12.1. The van der Waals surface area contributed by atoms with E-state index in [4.69, 9.17) is 9.47 Å². The second-order valence-corrected chi connectivity index (χ2v) is 6.73. The van der Waals surface area contributed by atoms with Crippen LogP contribution in [0.15, 0.2) is 11.4 Å². The maximum absolute atomic E-state index is 12.6. The average Bonchev–Trinajstić information content (AvgIpc) is 3.05. The second kappa shape index (κ2) is 5.47. The van der Waals surface area contributed by atoms with Crippen LogP contribution >= 0.6 is 11.3 Å². The fourth-order valence-electron chi connectivity index (χ4n) is 3.25. The van der Waals surface area contributed by atoms with Crippen LogP contribution in [0, 0.1) is 6.92 Å². The van der Waals surface area contributed by atoms with Crippen LogP contribution in [0.5, 0.6) is 0 Å². The van der Waals surface area contributed by atoms with Gasteiger partial charge in [-0.2, -0.15) is 0 Å². The number of hydrogen-bond acceptors (Lipinski definition) is 4. The third-order valence-electron chi connectivity index (χ3n) is 4.39. The Morgan fingerprint density at radius 3 is 3.10 bits per heavy atom. The van der Waals surface area contributed by atoms with Gasteiger partial charge in [-0.1, -0.05) is 0 Å². The fourth-order valence-corrected chi connectivity index (χ4v) is 4.14. The molecule has 1 aromatic heterocycles. The van der Waals surface area contributed by atoms with Gasteiger partial charge in [0.25, 0.3) is 5.91 Å². The third kappa shape index (κ3) is 2.50. The average molecular weight is 295 g/mol. The molecule has 0 radical (unpaired) electrons. The lowest BCUT2D eigenvalue weighted by molar-refractivity contribution is -0.0457. The minimum atomic E-state index is -0.181. The Hall–Kier alpha value is -0.910. The molecule has 3 heterocycles. The Morgan fingerprint density at radius 2 is 2.45 bits per heavy atom. The van der Waals surface area contributed by atoms with Gasteiger partial charge in [0.15, 0.2) is 0 Å². The molecule has 0 bridgehead atoms. The quantitative estimate of drug-likeness (QED) is 0.841. The van der Waals surface area contributed by atoms with Gasteiger partial charge in [0.2, 0.25) is 0 Å². The van der Waals surface area contributed by atoms with Crippen molar-refractivity contribution in [3.8, 4) is 0 Å². The van der Waals surface area contributed by atoms with Crippen molar-refractivity contribution in [1.82, 2.24) is 4.90 Å². The van der Waals surface area contributed by atoms with E-state index in [-0.39, 0.29) is 17.6 Å². The van der Waals surface area contributed by atoms with Crippen LogP contribution in [0.4, 0.5) is 0 Å². The van der Waals surface area contributed by atoms with E-state index in [9.17, 15) is 4.79 Å². The number of aryl methyl sites for hydroxylation is 1. The zero-order chi connectivity index (χ0) is 14.2. The summed E-state index contributed by atoms with van der Waals surface area (Å²) >= 11 is 1.53. The molecule has 2 fully saturated rings. The number of ether oxygens (including phenoxy) is 2. The monoisotopic (exact) mass is 295 g/mol. The number of carbonyl (C=O) groups excluding carboxylic acids is 1. The highest BCUT2D eigenvalue weighted by Gasteiger charge is 2.44. The first-order chi connectivity index (χ1) is 9.63. The van der Waals surface area contributed by atoms with E-state index in [1.165, 1.54) is 11.3 Å². The standard InChI is InChI=1S/C15H21NO3S/c1-11-4-7-20-13(11)14(17)16-6-3-5-15(10-16)8-12(18-2)9-19-15/h4,7,12H,3,5-6,8-10H2,1-2H3/t12-,15+/m1/s1. The van der Waals surface area contributed by atoms with Crippen LogP contribution in [0.2, 0.25) is 0 Å². The van der Waals surface area contributed by atoms with Gasteiger partial charge in [0.1, 0.15) is 0 Å². The smallest absolute Gasteiger partial charge is 0.264 e. The largest absolute Gasteiger partial charge is 0.379 e. The number of rotatable bonds is 2. The first-order valence-electron chi connectivity index (χ1n) is 7.14. The summed E-state index contributed by atoms with van der Waals surface area (Å²) in [5, 5.41) is 1.98. The van der Waals surface area contributed by atoms with Crippen LogP contribution in [-0.2, 0) is 9.47 Å². The van der Waals surface area contributed by atoms with Crippen molar-refractivity contribution >= 4 is 17.2 Å². The molecule has 2 atom stereocenters. The first kappa shape index (κ1) is 14.0. The summed E-state index contributed by atoms with van der Waals surface area (Å²) in [6.45, 7) is 4.18. The van der Waals surface area contributed by atoms with Gasteiger partial charge in [-0.3, -0.25) is 4.79 Å². The molecule has 1 aromatic rings. The molecule has 110 valence electrons. The molecule has 20 heavy (non-hydrogen) atoms. The number of piperidine rings is 1. The maximum Gasteiger partial charge on any atom is 0.264 e. The highest BCUT2D eigenvalue weighted by molar-refractivity contribution is 7.12. The third-order valence-corrected chi connectivity index (χ3v) is 5.40. The normalized spacial score (nSPS) is 30.1. The molecular weight excluding hydrogens is 274 g/mol. The van der Waals surface area contributed by atoms with E-state index in [0.29, 0.717) is 13.2 Å². The molecule has 2 aliphatic rings. The van der Waals surface area contributed by atoms with Crippen LogP contribution in [0.25, 0.3) is 0 Å². The number of likely N-dealkylation sites (tertiary alicyclic amines) is 1. The summed E-state index contributed by atoms with van der Waals surface area (Å²) in [4.78, 5) is 15.4. The predicted octanol–water partition coefficient (Wildman–Crippen LogP) is 2.47. The zero-order valence-corrected chi connectivity index (χ0v) is 12.9. The molecule has 0 saturated carbocycles. The lowest BCUT2D eigenvalue weighted by Crippen LogP contribution is -2.50. The minimum absolute atomic E-state index is 0.154. The molecule has 3 rings (SSSR count). The second-order valence-electron chi connectivity index (χ2n) is 5.82. The van der Waals surface area contributed by atoms with Gasteiger partial charge in [0, 0.05) is 20.1 Å². The van der Waals surface area contributed by atoms with E-state index < -0.39 is 0 Å². The van der Waals surface area contributed by atoms with E-state index in [2.05, 4.69) is 0 Å². The Bertz CT molecular complexity index is 501. The van der Waals surface area contributed by atoms with Gasteiger partial charge in [0.05, 0.1) is 29.7 Å². The summed E-state index contributed by atoms with van der Waals surface area (Å²) in [5.74, 6) is 0.154. The Kier molecular flexibility index (Phi) is 3.84. The molecule has 0 N–H and O–H groups in total. The molecule has 5 heteroatoms. The molecular formula is C15H21NO3S. The molecule has 4 nitrogen and oxygen atoms in total. The highest BCUT2D eigenvalue weighted by Crippen LogP contribution is 2.36. The van der Waals surface area contributed by atoms with Crippen molar-refractivity contribution < 1.29 is 14.3 Å². The maximum atomic E-state index is 12.6. The van der Waals surface area contributed by atoms with Gasteiger partial charge in [-0.25, -0.2) is 0 Å². The van der Waals surface area contributed by atoms with Crippen molar-refractivity contribution in [3.63, 3.8) is 0 Å². The number of thiophene rings is 1. The molecule has 1 spiro atoms. The van der Waals surface area contributed by atoms with Gasteiger partial charge in [-0.05, 0) is 36.8 Å². The summed E-state index contributed by atoms with van der Waals surface area (Å²) < 4.78 is 11.4. The summed E-state index contributed by atoms with van der Waals surface area (Å²) in [7, 11) is 1.73. The number of carbonyl (C=O) groups is 1. The molecule has 0 aliphatic carbocycles. The SMILES string of the molecule is CO[C@H]1CO[C@@]2(CCCN(C(=O)c3sccc3C)C2)C1. The summed E-state index contributed by atoms with van der Waals surface area (Å²) in [6, 6.07) is 2.00. The van der Waals surface area contributed by atoms with E-state index >= 15 is 0 Å². The van der Waals surface area contributed by atoms with Crippen LogP contribution in [-0.4, -0.2) is 49.3 Å². The Balaban J connectivity index is 1.73. The van der Waals surface area contributed by atoms with Crippen molar-refractivity contribution in [2.45, 2.75) is 37.9 Å². The van der Waals surface area contributed by atoms with Gasteiger partial charge < -0.3 is 14.4 Å². The topological polar surface area (TPSA) is 38.8 Å². The predicted molar refractivity (Wildman–Crippen MR) is 78.3 cm³/mol. The lowest BCUT2D eigenvalue weighted by atomic mass is 9.89. The Morgan fingerprint density at radius 1 is 1.60 bits per heavy atom. The van der Waals surface area contributed by atoms with Gasteiger partial charge >= 0.3 is 0 Å². The van der Waals surface area contributed by atoms with Crippen molar-refractivity contribution in [2.24, 2.45) is 0 Å². The van der Waals surface area contributed by atoms with E-state index in [1.54, 1.807) is 7.11 Å². The number of methoxy groups -OCH3 is 1. The van der Waals surface area contributed by atoms with Crippen LogP contribution in [0.1, 0.15) is 34.5 Å². The van der Waals surface area contributed by atoms with E-state index in [1.807, 2.05) is 23.3 Å². The minimum Gasteiger partial charge on any atom is -0.379 e. The number of hydrogen-bond donors (Lipinski definition) is 0. The summed E-state index contributed by atoms with van der Waals surface area (Å²) in [5.41, 5.74) is 0.890. The van der Waals surface area contributed by atoms with Crippen LogP contribution < -0.4 is 0 Å². The van der Waals surface area contributed by atoms with E-state index in [0.717, 1.165) is 36.2 Å². The lowest BCUT2D eigenvalue weighted by Gasteiger charge is -2.39. The number of nitrogens with zero attached hydrogens (tertiary/aromatic N) is 1. The van der Waals surface area contributed by atoms with Gasteiger partial charge in [-0.15, -0.1) is 11.3 Å². The highest BCUT2D eigenvalue weighted by atomic mass is 32.1. The Labute approximate surface area is 123 Å². The van der Waals surface area contributed by atoms with Crippen LogP contribution in [0.3, 0.4) is 0 Å². The molecule has 1 amide bonds. The summed E-state index contributed by atoms with van der Waals surface area (Å²) in [6.07, 6.45) is 3.11. The fraction of sp³-hybridized carbons (Fsp3) is 0.667. The van der Waals surface area contributed by atoms with Crippen molar-refractivity contribution in [3.05, 3.63) is 21.9 Å². The molecule has 2 saturated heterocycles. The first-order valence-corrected chi connectivity index (χ1v) is 8.02.